The third-order valence-electron chi connectivity index (χ3n) is 4.21. The van der Waals surface area contributed by atoms with Gasteiger partial charge in [-0.2, -0.15) is 14.9 Å². The topological polar surface area (TPSA) is 73.7 Å². The van der Waals surface area contributed by atoms with E-state index >= 15 is 0 Å². The Balaban J connectivity index is 1.85. The molecule has 7 nitrogen and oxygen atoms in total. The molecule has 0 bridgehead atoms. The van der Waals surface area contributed by atoms with Crippen LogP contribution in [0.1, 0.15) is 17.0 Å². The molecule has 0 radical (unpaired) electrons. The average Bonchev–Trinajstić information content (AvgIpc) is 3.09. The number of aromatic amines is 1. The summed E-state index contributed by atoms with van der Waals surface area (Å²) in [6.45, 7) is 0. The molecule has 0 amide bonds. The SMILES string of the molecule is COc1cc(/C=N\n2c(CCc3ccccc3)n[nH]c2=S)cc(OC)c1OC. The van der Waals surface area contributed by atoms with E-state index in [1.54, 1.807) is 32.2 Å². The average molecular weight is 398 g/mol. The molecule has 3 rings (SSSR count). The first-order valence-corrected chi connectivity index (χ1v) is 9.11. The van der Waals surface area contributed by atoms with Crippen LogP contribution in [-0.2, 0) is 12.8 Å². The lowest BCUT2D eigenvalue weighted by molar-refractivity contribution is 0.324. The van der Waals surface area contributed by atoms with Crippen molar-refractivity contribution in [2.24, 2.45) is 5.10 Å². The molecule has 8 heteroatoms. The minimum absolute atomic E-state index is 0.437. The van der Waals surface area contributed by atoms with Crippen molar-refractivity contribution in [2.45, 2.75) is 12.8 Å². The molecule has 0 aliphatic heterocycles. The van der Waals surface area contributed by atoms with Crippen LogP contribution in [0.15, 0.2) is 47.6 Å². The summed E-state index contributed by atoms with van der Waals surface area (Å²) >= 11 is 5.32. The number of hydrogen-bond acceptors (Lipinski definition) is 6. The summed E-state index contributed by atoms with van der Waals surface area (Å²) in [5, 5.41) is 11.6. The van der Waals surface area contributed by atoms with Crippen LogP contribution >= 0.6 is 12.2 Å². The van der Waals surface area contributed by atoms with Gasteiger partial charge in [0, 0.05) is 12.0 Å². The van der Waals surface area contributed by atoms with E-state index in [0.29, 0.717) is 28.4 Å². The predicted molar refractivity (Wildman–Crippen MR) is 110 cm³/mol. The van der Waals surface area contributed by atoms with Crippen molar-refractivity contribution in [2.75, 3.05) is 21.3 Å². The molecule has 0 atom stereocenters. The zero-order valence-corrected chi connectivity index (χ0v) is 16.8. The third-order valence-corrected chi connectivity index (χ3v) is 4.47. The van der Waals surface area contributed by atoms with Crippen LogP contribution in [0.4, 0.5) is 0 Å². The highest BCUT2D eigenvalue weighted by Gasteiger charge is 2.12. The molecule has 1 aromatic heterocycles. The molecule has 28 heavy (non-hydrogen) atoms. The van der Waals surface area contributed by atoms with Crippen molar-refractivity contribution in [1.29, 1.82) is 0 Å². The number of ether oxygens (including phenoxy) is 3. The number of nitrogens with zero attached hydrogens (tertiary/aromatic N) is 3. The van der Waals surface area contributed by atoms with E-state index in [1.807, 2.05) is 30.3 Å². The van der Waals surface area contributed by atoms with Crippen LogP contribution in [-0.4, -0.2) is 42.4 Å². The zero-order chi connectivity index (χ0) is 19.9. The van der Waals surface area contributed by atoms with E-state index < -0.39 is 0 Å². The minimum atomic E-state index is 0.437. The van der Waals surface area contributed by atoms with Gasteiger partial charge in [-0.25, -0.2) is 0 Å². The second kappa shape index (κ2) is 9.18. The van der Waals surface area contributed by atoms with Crippen molar-refractivity contribution < 1.29 is 14.2 Å². The number of aryl methyl sites for hydroxylation is 2. The molecule has 0 fully saturated rings. The monoisotopic (exact) mass is 398 g/mol. The van der Waals surface area contributed by atoms with Gasteiger partial charge in [-0.15, -0.1) is 0 Å². The Morgan fingerprint density at radius 1 is 1.04 bits per heavy atom. The number of aromatic nitrogens is 3. The van der Waals surface area contributed by atoms with Gasteiger partial charge in [0.05, 0.1) is 27.5 Å². The lowest BCUT2D eigenvalue weighted by atomic mass is 10.1. The van der Waals surface area contributed by atoms with E-state index in [4.69, 9.17) is 26.4 Å². The molecule has 1 N–H and O–H groups in total. The Morgan fingerprint density at radius 2 is 1.71 bits per heavy atom. The van der Waals surface area contributed by atoms with Crippen molar-refractivity contribution in [3.05, 3.63) is 64.2 Å². The molecule has 0 aliphatic rings. The quantitative estimate of drug-likeness (QED) is 0.463. The standard InChI is InChI=1S/C20H22N4O3S/c1-25-16-11-15(12-17(26-2)19(16)27-3)13-21-24-18(22-23-20(24)28)10-9-14-7-5-4-6-8-14/h4-8,11-13H,9-10H2,1-3H3,(H,23,28)/b21-13-. The minimum Gasteiger partial charge on any atom is -0.493 e. The third kappa shape index (κ3) is 4.40. The smallest absolute Gasteiger partial charge is 0.216 e. The van der Waals surface area contributed by atoms with Crippen molar-refractivity contribution in [3.63, 3.8) is 0 Å². The first kappa shape index (κ1) is 19.6. The maximum Gasteiger partial charge on any atom is 0.216 e. The van der Waals surface area contributed by atoms with Gasteiger partial charge >= 0.3 is 0 Å². The maximum absolute atomic E-state index is 5.38. The summed E-state index contributed by atoms with van der Waals surface area (Å²) in [7, 11) is 4.72. The molecule has 0 unspecified atom stereocenters. The molecule has 0 saturated carbocycles. The number of nitrogens with one attached hydrogen (secondary N) is 1. The second-order valence-corrected chi connectivity index (χ2v) is 6.33. The molecule has 146 valence electrons. The molecule has 0 saturated heterocycles. The van der Waals surface area contributed by atoms with E-state index in [0.717, 1.165) is 17.8 Å². The van der Waals surface area contributed by atoms with Crippen LogP contribution < -0.4 is 14.2 Å². The first-order valence-electron chi connectivity index (χ1n) is 8.71. The van der Waals surface area contributed by atoms with Crippen LogP contribution in [0.2, 0.25) is 0 Å². The zero-order valence-electron chi connectivity index (χ0n) is 16.0. The predicted octanol–water partition coefficient (Wildman–Crippen LogP) is 3.63. The van der Waals surface area contributed by atoms with E-state index in [2.05, 4.69) is 27.4 Å². The molecular weight excluding hydrogens is 376 g/mol. The molecule has 0 spiro atoms. The van der Waals surface area contributed by atoms with E-state index in [-0.39, 0.29) is 0 Å². The number of methoxy groups -OCH3 is 3. The van der Waals surface area contributed by atoms with Crippen LogP contribution in [0.3, 0.4) is 0 Å². The van der Waals surface area contributed by atoms with Crippen LogP contribution in [0.25, 0.3) is 0 Å². The van der Waals surface area contributed by atoms with Crippen molar-refractivity contribution >= 4 is 18.4 Å². The highest BCUT2D eigenvalue weighted by Crippen LogP contribution is 2.37. The molecular formula is C20H22N4O3S. The molecule has 1 heterocycles. The second-order valence-electron chi connectivity index (χ2n) is 5.95. The Bertz CT molecular complexity index is 987. The highest BCUT2D eigenvalue weighted by atomic mass is 32.1. The van der Waals surface area contributed by atoms with Crippen LogP contribution in [0, 0.1) is 4.77 Å². The van der Waals surface area contributed by atoms with Gasteiger partial charge < -0.3 is 14.2 Å². The summed E-state index contributed by atoms with van der Waals surface area (Å²) in [4.78, 5) is 0. The Hall–Kier alpha value is -3.13. The Morgan fingerprint density at radius 3 is 2.32 bits per heavy atom. The Labute approximate surface area is 168 Å². The first-order chi connectivity index (χ1) is 13.7. The number of benzene rings is 2. The van der Waals surface area contributed by atoms with Gasteiger partial charge in [0.2, 0.25) is 10.5 Å². The van der Waals surface area contributed by atoms with Gasteiger partial charge in [-0.05, 0) is 36.3 Å². The molecule has 0 aliphatic carbocycles. The van der Waals surface area contributed by atoms with Gasteiger partial charge in [-0.3, -0.25) is 5.10 Å². The van der Waals surface area contributed by atoms with Crippen LogP contribution in [0.5, 0.6) is 17.2 Å². The maximum atomic E-state index is 5.38. The normalized spacial score (nSPS) is 11.0. The number of hydrogen-bond donors (Lipinski definition) is 1. The van der Waals surface area contributed by atoms with Crippen molar-refractivity contribution in [3.8, 4) is 17.2 Å². The fourth-order valence-corrected chi connectivity index (χ4v) is 3.00. The van der Waals surface area contributed by atoms with Gasteiger partial charge in [0.1, 0.15) is 0 Å². The van der Waals surface area contributed by atoms with Crippen molar-refractivity contribution in [1.82, 2.24) is 14.9 Å². The Kier molecular flexibility index (Phi) is 6.44. The van der Waals surface area contributed by atoms with Gasteiger partial charge in [0.15, 0.2) is 17.3 Å². The summed E-state index contributed by atoms with van der Waals surface area (Å²) in [6.07, 6.45) is 3.24. The summed E-state index contributed by atoms with van der Waals surface area (Å²) in [6, 6.07) is 13.9. The largest absolute Gasteiger partial charge is 0.493 e. The number of H-pyrrole nitrogens is 1. The summed E-state index contributed by atoms with van der Waals surface area (Å²) < 4.78 is 18.2. The summed E-state index contributed by atoms with van der Waals surface area (Å²) in [5.74, 6) is 2.41. The fraction of sp³-hybridized carbons (Fsp3) is 0.250. The van der Waals surface area contributed by atoms with E-state index in [1.165, 1.54) is 5.56 Å². The van der Waals surface area contributed by atoms with Gasteiger partial charge in [0.25, 0.3) is 0 Å². The van der Waals surface area contributed by atoms with Gasteiger partial charge in [-0.1, -0.05) is 30.3 Å². The fourth-order valence-electron chi connectivity index (χ4n) is 2.81. The van der Waals surface area contributed by atoms with E-state index in [9.17, 15) is 0 Å². The lowest BCUT2D eigenvalue weighted by Gasteiger charge is -2.12. The molecule has 2 aromatic carbocycles. The lowest BCUT2D eigenvalue weighted by Crippen LogP contribution is -2.02. The highest BCUT2D eigenvalue weighted by molar-refractivity contribution is 7.71. The number of rotatable bonds is 8. The summed E-state index contributed by atoms with van der Waals surface area (Å²) in [5.41, 5.74) is 2.02. The molecule has 3 aromatic rings.